The van der Waals surface area contributed by atoms with Gasteiger partial charge in [0, 0.05) is 45.1 Å². The molecule has 0 bridgehead atoms. The van der Waals surface area contributed by atoms with Crippen LogP contribution in [0.1, 0.15) is 104 Å². The van der Waals surface area contributed by atoms with Crippen LogP contribution in [0.4, 0.5) is 30.0 Å². The summed E-state index contributed by atoms with van der Waals surface area (Å²) < 4.78 is 43.0. The highest BCUT2D eigenvalue weighted by Crippen LogP contribution is 2.34. The molecule has 20 nitrogen and oxygen atoms in total. The quantitative estimate of drug-likeness (QED) is 0.113. The summed E-state index contributed by atoms with van der Waals surface area (Å²) in [6, 6.07) is 4.41. The molecule has 6 aromatic rings. The van der Waals surface area contributed by atoms with E-state index >= 15 is 0 Å². The highest BCUT2D eigenvalue weighted by molar-refractivity contribution is 6.30. The molecule has 0 saturated carbocycles. The number of aliphatic hydroxyl groups is 1. The van der Waals surface area contributed by atoms with E-state index in [-0.39, 0.29) is 96.6 Å². The number of pyridine rings is 4. The molecule has 0 spiro atoms. The summed E-state index contributed by atoms with van der Waals surface area (Å²) in [5.41, 5.74) is 1.33. The van der Waals surface area contributed by atoms with Gasteiger partial charge in [-0.25, -0.2) is 47.1 Å². The van der Waals surface area contributed by atoms with Crippen LogP contribution in [0, 0.1) is 25.5 Å². The Morgan fingerprint density at radius 3 is 1.50 bits per heavy atom. The van der Waals surface area contributed by atoms with Crippen LogP contribution >= 0.6 is 23.2 Å². The Balaban J connectivity index is 0.000000221. The summed E-state index contributed by atoms with van der Waals surface area (Å²) in [6.07, 6.45) is 2.93. The number of aromatic nitrogens is 8. The summed E-state index contributed by atoms with van der Waals surface area (Å²) >= 11 is 12.2. The van der Waals surface area contributed by atoms with Crippen molar-refractivity contribution in [1.29, 1.82) is 0 Å². The van der Waals surface area contributed by atoms with Gasteiger partial charge in [-0.1, -0.05) is 50.9 Å². The van der Waals surface area contributed by atoms with E-state index in [1.165, 1.54) is 25.0 Å². The van der Waals surface area contributed by atoms with Gasteiger partial charge in [0.1, 0.15) is 35.2 Å². The molecule has 2 aliphatic heterocycles. The van der Waals surface area contributed by atoms with Crippen molar-refractivity contribution >= 4 is 75.4 Å². The number of amides is 2. The third-order valence-electron chi connectivity index (χ3n) is 12.5. The lowest BCUT2D eigenvalue weighted by Gasteiger charge is -2.41. The molecular weight excluding hydrogens is 1030 g/mol. The van der Waals surface area contributed by atoms with Gasteiger partial charge in [0.15, 0.2) is 33.2 Å². The normalized spacial score (nSPS) is 16.4. The highest BCUT2D eigenvalue weighted by Gasteiger charge is 2.37. The monoisotopic (exact) mass is 1090 g/mol. The van der Waals surface area contributed by atoms with Crippen LogP contribution in [0.15, 0.2) is 46.2 Å². The largest absolute Gasteiger partial charge is 0.444 e. The third-order valence-corrected chi connectivity index (χ3v) is 13.0. The fraction of sp³-hybridized carbons (Fsp3) is 0.481. The van der Waals surface area contributed by atoms with Crippen molar-refractivity contribution in [2.45, 2.75) is 118 Å². The summed E-state index contributed by atoms with van der Waals surface area (Å²) in [4.78, 5) is 96.9. The number of carbonyl (C=O) groups is 3. The maximum absolute atomic E-state index is 14.8. The van der Waals surface area contributed by atoms with Gasteiger partial charge < -0.3 is 39.0 Å². The molecule has 24 heteroatoms. The maximum atomic E-state index is 14.8. The van der Waals surface area contributed by atoms with Crippen molar-refractivity contribution in [2.75, 3.05) is 55.7 Å². The van der Waals surface area contributed by atoms with Gasteiger partial charge in [-0.05, 0) is 103 Å². The number of rotatable bonds is 8. The number of nitrogens with zero attached hydrogens (tertiary/aromatic N) is 12. The first-order valence-electron chi connectivity index (χ1n) is 24.7. The number of fused-ring (bicyclic) bond motifs is 2. The van der Waals surface area contributed by atoms with Crippen LogP contribution in [0.2, 0.25) is 10.3 Å². The van der Waals surface area contributed by atoms with Crippen LogP contribution in [0.25, 0.3) is 33.4 Å². The molecule has 2 atom stereocenters. The number of anilines is 2. The Hall–Kier alpha value is -6.91. The van der Waals surface area contributed by atoms with Crippen LogP contribution in [0.5, 0.6) is 0 Å². The lowest BCUT2D eigenvalue weighted by atomic mass is 10.0. The van der Waals surface area contributed by atoms with E-state index in [9.17, 15) is 37.9 Å². The fourth-order valence-corrected chi connectivity index (χ4v) is 9.31. The number of aldehydes is 1. The van der Waals surface area contributed by atoms with Gasteiger partial charge in [-0.15, -0.1) is 0 Å². The fourth-order valence-electron chi connectivity index (χ4n) is 9.04. The molecule has 2 unspecified atom stereocenters. The van der Waals surface area contributed by atoms with Gasteiger partial charge in [-0.3, -0.25) is 9.97 Å². The first-order valence-corrected chi connectivity index (χ1v) is 25.4. The topological polar surface area (TPSA) is 224 Å². The van der Waals surface area contributed by atoms with Crippen molar-refractivity contribution in [3.8, 4) is 11.4 Å². The molecule has 8 rings (SSSR count). The minimum Gasteiger partial charge on any atom is -0.444 e. The lowest BCUT2D eigenvalue weighted by Crippen LogP contribution is -2.57. The van der Waals surface area contributed by atoms with E-state index in [2.05, 4.69) is 29.9 Å². The number of piperazine rings is 2. The lowest BCUT2D eigenvalue weighted by molar-refractivity contribution is -0.109. The Labute approximate surface area is 447 Å². The number of aryl methyl sites for hydroxylation is 2. The molecule has 0 aliphatic carbocycles. The van der Waals surface area contributed by atoms with E-state index < -0.39 is 63.6 Å². The standard InChI is InChI=1S/C26H32ClFN6O4.C26H30ClFN6O4/c2*1-14(2)19-20(15(3)7-8-29-19)34-23-17(11-18(28)21(27)30-23)22(31-24(34)36)33-10-9-32(12-16(33)13-35)25(37)38-26(4,5)6/h7-8,11,14,16,35H,9-10,12-13H2,1-6H3;7-8,11,13-14,16H,9-10,12H2,1-6H3. The van der Waals surface area contributed by atoms with Gasteiger partial charge in [0.05, 0.1) is 52.7 Å². The zero-order valence-electron chi connectivity index (χ0n) is 44.5. The number of aliphatic hydroxyl groups excluding tert-OH is 1. The highest BCUT2D eigenvalue weighted by atomic mass is 35.5. The summed E-state index contributed by atoms with van der Waals surface area (Å²) in [6.45, 7) is 22.7. The maximum Gasteiger partial charge on any atom is 0.410 e. The van der Waals surface area contributed by atoms with Gasteiger partial charge in [0.2, 0.25) is 0 Å². The molecule has 8 heterocycles. The number of hydrogen-bond donors (Lipinski definition) is 1. The zero-order valence-corrected chi connectivity index (χ0v) is 46.0. The molecule has 2 aliphatic rings. The van der Waals surface area contributed by atoms with Crippen molar-refractivity contribution in [2.24, 2.45) is 0 Å². The molecule has 406 valence electrons. The van der Waals surface area contributed by atoms with Crippen molar-refractivity contribution < 1.29 is 37.7 Å². The minimum atomic E-state index is -0.854. The van der Waals surface area contributed by atoms with E-state index in [0.29, 0.717) is 29.0 Å². The minimum absolute atomic E-state index is 0.00732. The Morgan fingerprint density at radius 1 is 0.697 bits per heavy atom. The van der Waals surface area contributed by atoms with Gasteiger partial charge in [-0.2, -0.15) is 9.97 Å². The number of ether oxygens (including phenoxy) is 2. The molecule has 76 heavy (non-hydrogen) atoms. The molecule has 6 aromatic heterocycles. The van der Waals surface area contributed by atoms with E-state index in [1.54, 1.807) is 75.9 Å². The summed E-state index contributed by atoms with van der Waals surface area (Å²) in [5.74, 6) is -1.40. The van der Waals surface area contributed by atoms with Gasteiger partial charge >= 0.3 is 23.6 Å². The first-order chi connectivity index (χ1) is 35.6. The molecule has 2 saturated heterocycles. The number of carbonyl (C=O) groups excluding carboxylic acids is 3. The van der Waals surface area contributed by atoms with Crippen LogP contribution in [0.3, 0.4) is 0 Å². The smallest absolute Gasteiger partial charge is 0.410 e. The Bertz CT molecular complexity index is 3340. The second-order valence-corrected chi connectivity index (χ2v) is 21.9. The van der Waals surface area contributed by atoms with E-state index in [0.717, 1.165) is 17.2 Å². The Morgan fingerprint density at radius 2 is 1.11 bits per heavy atom. The third kappa shape index (κ3) is 11.9. The van der Waals surface area contributed by atoms with Crippen molar-refractivity contribution in [1.82, 2.24) is 48.8 Å². The predicted molar refractivity (Wildman–Crippen MR) is 284 cm³/mol. The second kappa shape index (κ2) is 22.4. The van der Waals surface area contributed by atoms with Crippen LogP contribution < -0.4 is 21.2 Å². The van der Waals surface area contributed by atoms with Crippen LogP contribution in [-0.4, -0.2) is 142 Å². The Kier molecular flexibility index (Phi) is 16.7. The molecule has 2 fully saturated rings. The molecular formula is C52H62Cl2F2N12O8. The zero-order chi connectivity index (χ0) is 55.9. The number of halogens is 4. The predicted octanol–water partition coefficient (Wildman–Crippen LogP) is 7.84. The van der Waals surface area contributed by atoms with E-state index in [4.69, 9.17) is 32.7 Å². The summed E-state index contributed by atoms with van der Waals surface area (Å²) in [7, 11) is 0. The average Bonchev–Trinajstić information content (AvgIpc) is 3.34. The SMILES string of the molecule is Cc1ccnc(C(C)C)c1-n1c(=O)nc(N2CCN(C(=O)OC(C)(C)C)CC2C=O)c2cc(F)c(Cl)nc21.Cc1ccnc(C(C)C)c1-n1c(=O)nc(N2CCN(C(=O)OC(C)(C)C)CC2CO)c2cc(F)c(Cl)nc21. The first kappa shape index (κ1) is 56.8. The summed E-state index contributed by atoms with van der Waals surface area (Å²) in [5, 5.41) is 9.86. The van der Waals surface area contributed by atoms with Gasteiger partial charge in [0.25, 0.3) is 0 Å². The average molecular weight is 1090 g/mol. The second-order valence-electron chi connectivity index (χ2n) is 21.2. The van der Waals surface area contributed by atoms with E-state index in [1.807, 2.05) is 41.5 Å². The van der Waals surface area contributed by atoms with Crippen molar-refractivity contribution in [3.63, 3.8) is 0 Å². The molecule has 2 amide bonds. The van der Waals surface area contributed by atoms with Crippen LogP contribution in [-0.2, 0) is 14.3 Å². The number of hydrogen-bond acceptors (Lipinski definition) is 16. The molecule has 0 aromatic carbocycles. The molecule has 1 N–H and O–H groups in total. The molecule has 0 radical (unpaired) electrons. The van der Waals surface area contributed by atoms with Crippen molar-refractivity contribution in [3.05, 3.63) is 102 Å².